The lowest BCUT2D eigenvalue weighted by molar-refractivity contribution is -0.137. The number of benzene rings is 2. The predicted octanol–water partition coefficient (Wildman–Crippen LogP) is 4.27. The number of carboxylic acid groups (broad SMARTS) is 1. The second-order valence-electron chi connectivity index (χ2n) is 6.38. The van der Waals surface area contributed by atoms with Crippen molar-refractivity contribution in [3.05, 3.63) is 72.3 Å². The van der Waals surface area contributed by atoms with Crippen molar-refractivity contribution < 1.29 is 33.7 Å². The fourth-order valence-electron chi connectivity index (χ4n) is 2.53. The van der Waals surface area contributed by atoms with Crippen molar-refractivity contribution in [2.75, 3.05) is 13.2 Å². The van der Waals surface area contributed by atoms with Gasteiger partial charge in [0.2, 0.25) is 0 Å². The van der Waals surface area contributed by atoms with Crippen LogP contribution in [0.4, 0.5) is 0 Å². The van der Waals surface area contributed by atoms with Gasteiger partial charge in [0.25, 0.3) is 0 Å². The Morgan fingerprint density at radius 2 is 1.57 bits per heavy atom. The molecule has 7 heteroatoms. The number of hydrogen-bond donors (Lipinski definition) is 1. The molecular weight excluding hydrogens is 388 g/mol. The molecular formula is C23H24O7. The summed E-state index contributed by atoms with van der Waals surface area (Å²) in [4.78, 5) is 34.1. The van der Waals surface area contributed by atoms with Crippen LogP contribution >= 0.6 is 0 Å². The summed E-state index contributed by atoms with van der Waals surface area (Å²) in [6.45, 7) is 4.27. The van der Waals surface area contributed by atoms with Crippen molar-refractivity contribution in [1.29, 1.82) is 0 Å². The van der Waals surface area contributed by atoms with Crippen LogP contribution in [0.1, 0.15) is 46.4 Å². The van der Waals surface area contributed by atoms with E-state index >= 15 is 0 Å². The Morgan fingerprint density at radius 1 is 0.867 bits per heavy atom. The third kappa shape index (κ3) is 7.79. The van der Waals surface area contributed by atoms with Crippen molar-refractivity contribution in [3.63, 3.8) is 0 Å². The first-order chi connectivity index (χ1) is 14.5. The minimum Gasteiger partial charge on any atom is -0.494 e. The zero-order chi connectivity index (χ0) is 21.8. The number of aromatic carboxylic acids is 1. The minimum atomic E-state index is -1.09. The lowest BCUT2D eigenvalue weighted by atomic mass is 10.2. The normalized spacial score (nSPS) is 10.1. The molecule has 0 atom stereocenters. The average molecular weight is 412 g/mol. The van der Waals surface area contributed by atoms with E-state index in [1.165, 1.54) is 24.3 Å². The van der Waals surface area contributed by atoms with Crippen molar-refractivity contribution in [2.24, 2.45) is 0 Å². The number of ether oxygens (including phenoxy) is 3. The van der Waals surface area contributed by atoms with E-state index in [0.717, 1.165) is 31.8 Å². The molecule has 0 aliphatic rings. The molecule has 2 rings (SSSR count). The molecule has 1 N–H and O–H groups in total. The molecule has 2 aromatic rings. The van der Waals surface area contributed by atoms with E-state index in [-0.39, 0.29) is 11.3 Å². The Balaban J connectivity index is 1.70. The van der Waals surface area contributed by atoms with E-state index in [4.69, 9.17) is 19.3 Å². The number of carboxylic acids is 1. The molecule has 0 aliphatic carbocycles. The van der Waals surface area contributed by atoms with Crippen molar-refractivity contribution in [2.45, 2.75) is 25.7 Å². The largest absolute Gasteiger partial charge is 0.494 e. The predicted molar refractivity (Wildman–Crippen MR) is 110 cm³/mol. The molecule has 0 aromatic heterocycles. The quantitative estimate of drug-likeness (QED) is 0.240. The second kappa shape index (κ2) is 12.1. The van der Waals surface area contributed by atoms with E-state index in [2.05, 4.69) is 6.58 Å². The molecule has 0 saturated heterocycles. The highest BCUT2D eigenvalue weighted by molar-refractivity contribution is 5.92. The number of carbonyl (C=O) groups excluding carboxylic acids is 2. The van der Waals surface area contributed by atoms with Crippen LogP contribution in [-0.4, -0.2) is 36.2 Å². The van der Waals surface area contributed by atoms with Crippen LogP contribution in [-0.2, 0) is 9.53 Å². The molecule has 0 aliphatic heterocycles. The standard InChI is InChI=1S/C23H24O7/c1-2-21(24)29-15-6-4-3-5-14-28-19-12-10-17(11-13-19)23(27)30-20-9-7-8-18(16-20)22(25)26/h2,7-13,16H,1,3-6,14-15H2,(H,25,26). The molecule has 0 fully saturated rings. The van der Waals surface area contributed by atoms with Crippen LogP contribution < -0.4 is 9.47 Å². The topological polar surface area (TPSA) is 99.1 Å². The maximum Gasteiger partial charge on any atom is 0.343 e. The van der Waals surface area contributed by atoms with Gasteiger partial charge < -0.3 is 19.3 Å². The molecule has 0 bridgehead atoms. The van der Waals surface area contributed by atoms with Gasteiger partial charge in [-0.05, 0) is 68.1 Å². The first-order valence-corrected chi connectivity index (χ1v) is 9.57. The van der Waals surface area contributed by atoms with Crippen molar-refractivity contribution >= 4 is 17.9 Å². The summed E-state index contributed by atoms with van der Waals surface area (Å²) >= 11 is 0. The van der Waals surface area contributed by atoms with Gasteiger partial charge in [-0.1, -0.05) is 12.6 Å². The number of rotatable bonds is 12. The van der Waals surface area contributed by atoms with Gasteiger partial charge in [-0.2, -0.15) is 0 Å². The Labute approximate surface area is 174 Å². The van der Waals surface area contributed by atoms with Crippen LogP contribution in [0.15, 0.2) is 61.2 Å². The van der Waals surface area contributed by atoms with Crippen LogP contribution in [0.2, 0.25) is 0 Å². The Hall–Kier alpha value is -3.61. The van der Waals surface area contributed by atoms with E-state index in [9.17, 15) is 14.4 Å². The minimum absolute atomic E-state index is 0.0434. The highest BCUT2D eigenvalue weighted by Crippen LogP contribution is 2.17. The first kappa shape index (κ1) is 22.7. The summed E-state index contributed by atoms with van der Waals surface area (Å²) in [7, 11) is 0. The fraction of sp³-hybridized carbons (Fsp3) is 0.261. The molecule has 30 heavy (non-hydrogen) atoms. The maximum atomic E-state index is 12.2. The Morgan fingerprint density at radius 3 is 2.23 bits per heavy atom. The second-order valence-corrected chi connectivity index (χ2v) is 6.38. The van der Waals surface area contributed by atoms with E-state index < -0.39 is 17.9 Å². The molecule has 2 aromatic carbocycles. The third-order valence-electron chi connectivity index (χ3n) is 4.10. The maximum absolute atomic E-state index is 12.2. The zero-order valence-corrected chi connectivity index (χ0v) is 16.5. The highest BCUT2D eigenvalue weighted by atomic mass is 16.5. The molecule has 0 unspecified atom stereocenters. The Bertz CT molecular complexity index is 871. The van der Waals surface area contributed by atoms with E-state index in [1.807, 2.05) is 0 Å². The van der Waals surface area contributed by atoms with Gasteiger partial charge in [-0.15, -0.1) is 0 Å². The monoisotopic (exact) mass is 412 g/mol. The van der Waals surface area contributed by atoms with Gasteiger partial charge >= 0.3 is 17.9 Å². The zero-order valence-electron chi connectivity index (χ0n) is 16.5. The lowest BCUT2D eigenvalue weighted by Crippen LogP contribution is -2.09. The lowest BCUT2D eigenvalue weighted by Gasteiger charge is -2.08. The molecule has 158 valence electrons. The number of carbonyl (C=O) groups is 3. The number of esters is 2. The van der Waals surface area contributed by atoms with Crippen molar-refractivity contribution in [1.82, 2.24) is 0 Å². The number of hydrogen-bond acceptors (Lipinski definition) is 6. The summed E-state index contributed by atoms with van der Waals surface area (Å²) in [6.07, 6.45) is 4.69. The summed E-state index contributed by atoms with van der Waals surface area (Å²) in [5.74, 6) is -1.27. The summed E-state index contributed by atoms with van der Waals surface area (Å²) < 4.78 is 15.8. The molecule has 7 nitrogen and oxygen atoms in total. The van der Waals surface area contributed by atoms with Gasteiger partial charge in [0.15, 0.2) is 0 Å². The van der Waals surface area contributed by atoms with E-state index in [0.29, 0.717) is 24.5 Å². The molecule has 0 radical (unpaired) electrons. The highest BCUT2D eigenvalue weighted by Gasteiger charge is 2.11. The average Bonchev–Trinajstić information content (AvgIpc) is 2.75. The number of unbranched alkanes of at least 4 members (excludes halogenated alkanes) is 3. The Kier molecular flexibility index (Phi) is 9.12. The summed E-state index contributed by atoms with van der Waals surface area (Å²) in [6, 6.07) is 12.3. The molecule has 0 heterocycles. The first-order valence-electron chi connectivity index (χ1n) is 9.57. The van der Waals surface area contributed by atoms with Crippen LogP contribution in [0, 0.1) is 0 Å². The van der Waals surface area contributed by atoms with E-state index in [1.54, 1.807) is 24.3 Å². The van der Waals surface area contributed by atoms with Gasteiger partial charge in [-0.3, -0.25) is 0 Å². The molecule has 0 spiro atoms. The van der Waals surface area contributed by atoms with Crippen molar-refractivity contribution in [3.8, 4) is 11.5 Å². The summed E-state index contributed by atoms with van der Waals surface area (Å²) in [5, 5.41) is 8.99. The van der Waals surface area contributed by atoms with Crippen LogP contribution in [0.5, 0.6) is 11.5 Å². The van der Waals surface area contributed by atoms with Gasteiger partial charge in [0.05, 0.1) is 24.3 Å². The molecule has 0 saturated carbocycles. The van der Waals surface area contributed by atoms with Gasteiger partial charge in [-0.25, -0.2) is 14.4 Å². The van der Waals surface area contributed by atoms with Gasteiger partial charge in [0, 0.05) is 6.08 Å². The van der Waals surface area contributed by atoms with Crippen LogP contribution in [0.3, 0.4) is 0 Å². The SMILES string of the molecule is C=CC(=O)OCCCCCCOc1ccc(C(=O)Oc2cccc(C(=O)O)c2)cc1. The van der Waals surface area contributed by atoms with Crippen LogP contribution in [0.25, 0.3) is 0 Å². The molecule has 0 amide bonds. The smallest absolute Gasteiger partial charge is 0.343 e. The fourth-order valence-corrected chi connectivity index (χ4v) is 2.53. The summed E-state index contributed by atoms with van der Waals surface area (Å²) in [5.41, 5.74) is 0.374. The third-order valence-corrected chi connectivity index (χ3v) is 4.10. The van der Waals surface area contributed by atoms with Gasteiger partial charge in [0.1, 0.15) is 11.5 Å².